The molecule has 3 aromatic rings. The van der Waals surface area contributed by atoms with Crippen molar-refractivity contribution in [2.45, 2.75) is 13.5 Å². The van der Waals surface area contributed by atoms with E-state index in [2.05, 4.69) is 72.3 Å². The molecule has 1 aromatic heterocycles. The van der Waals surface area contributed by atoms with Crippen molar-refractivity contribution < 1.29 is 0 Å². The van der Waals surface area contributed by atoms with Crippen LogP contribution in [0.5, 0.6) is 0 Å². The smallest absolute Gasteiger partial charge is 0.0472 e. The van der Waals surface area contributed by atoms with Crippen molar-refractivity contribution >= 4 is 10.8 Å². The number of aryl methyl sites for hydroxylation is 1. The summed E-state index contributed by atoms with van der Waals surface area (Å²) in [5.41, 5.74) is 2.65. The second-order valence-electron chi connectivity index (χ2n) is 4.46. The van der Waals surface area contributed by atoms with Gasteiger partial charge in [-0.3, -0.25) is 0 Å². The van der Waals surface area contributed by atoms with Gasteiger partial charge < -0.3 is 4.57 Å². The highest BCUT2D eigenvalue weighted by molar-refractivity contribution is 5.82. The Hall–Kier alpha value is -2.02. The Morgan fingerprint density at radius 1 is 0.882 bits per heavy atom. The SMILES string of the molecule is Cc1cccn1Cc1ccc2ccccc2c1. The normalized spacial score (nSPS) is 10.9. The molecule has 1 nitrogen and oxygen atoms in total. The van der Waals surface area contributed by atoms with E-state index in [9.17, 15) is 0 Å². The Morgan fingerprint density at radius 3 is 2.47 bits per heavy atom. The molecular weight excluding hydrogens is 206 g/mol. The second kappa shape index (κ2) is 4.10. The highest BCUT2D eigenvalue weighted by Crippen LogP contribution is 2.16. The number of nitrogens with zero attached hydrogens (tertiary/aromatic N) is 1. The van der Waals surface area contributed by atoms with Crippen molar-refractivity contribution in [3.63, 3.8) is 0 Å². The molecule has 0 saturated carbocycles. The Kier molecular flexibility index (Phi) is 2.45. The van der Waals surface area contributed by atoms with Crippen LogP contribution in [0.3, 0.4) is 0 Å². The summed E-state index contributed by atoms with van der Waals surface area (Å²) in [6, 6.07) is 19.4. The van der Waals surface area contributed by atoms with Crippen molar-refractivity contribution in [3.8, 4) is 0 Å². The minimum Gasteiger partial charge on any atom is -0.347 e. The van der Waals surface area contributed by atoms with Crippen LogP contribution in [-0.2, 0) is 6.54 Å². The van der Waals surface area contributed by atoms with Crippen LogP contribution in [-0.4, -0.2) is 4.57 Å². The first kappa shape index (κ1) is 10.2. The molecule has 0 amide bonds. The maximum absolute atomic E-state index is 2.27. The fourth-order valence-corrected chi connectivity index (χ4v) is 2.21. The summed E-state index contributed by atoms with van der Waals surface area (Å²) in [7, 11) is 0. The van der Waals surface area contributed by atoms with Gasteiger partial charge in [0.05, 0.1) is 0 Å². The van der Waals surface area contributed by atoms with Crippen LogP contribution in [0.15, 0.2) is 60.8 Å². The van der Waals surface area contributed by atoms with E-state index in [1.54, 1.807) is 0 Å². The van der Waals surface area contributed by atoms with Crippen LogP contribution in [0, 0.1) is 6.92 Å². The topological polar surface area (TPSA) is 4.93 Å². The molecule has 0 saturated heterocycles. The lowest BCUT2D eigenvalue weighted by atomic mass is 10.1. The van der Waals surface area contributed by atoms with E-state index in [4.69, 9.17) is 0 Å². The van der Waals surface area contributed by atoms with Crippen LogP contribution in [0.2, 0.25) is 0 Å². The molecule has 0 radical (unpaired) electrons. The van der Waals surface area contributed by atoms with Crippen molar-refractivity contribution in [1.82, 2.24) is 4.57 Å². The average molecular weight is 221 g/mol. The van der Waals surface area contributed by atoms with E-state index in [0.29, 0.717) is 0 Å². The third-order valence-electron chi connectivity index (χ3n) is 3.22. The van der Waals surface area contributed by atoms with Crippen LogP contribution in [0.25, 0.3) is 10.8 Å². The molecule has 3 rings (SSSR count). The van der Waals surface area contributed by atoms with E-state index in [1.807, 2.05) is 0 Å². The summed E-state index contributed by atoms with van der Waals surface area (Å²) in [6.07, 6.45) is 2.13. The Morgan fingerprint density at radius 2 is 1.71 bits per heavy atom. The van der Waals surface area contributed by atoms with Gasteiger partial charge in [0.25, 0.3) is 0 Å². The van der Waals surface area contributed by atoms with Gasteiger partial charge in [0.15, 0.2) is 0 Å². The second-order valence-corrected chi connectivity index (χ2v) is 4.46. The largest absolute Gasteiger partial charge is 0.347 e. The fourth-order valence-electron chi connectivity index (χ4n) is 2.21. The first-order valence-corrected chi connectivity index (χ1v) is 5.92. The van der Waals surface area contributed by atoms with Crippen molar-refractivity contribution in [2.75, 3.05) is 0 Å². The van der Waals surface area contributed by atoms with Gasteiger partial charge in [0.2, 0.25) is 0 Å². The molecule has 2 aromatic carbocycles. The third-order valence-corrected chi connectivity index (χ3v) is 3.22. The monoisotopic (exact) mass is 221 g/mol. The van der Waals surface area contributed by atoms with Gasteiger partial charge in [-0.15, -0.1) is 0 Å². The zero-order chi connectivity index (χ0) is 11.7. The van der Waals surface area contributed by atoms with E-state index >= 15 is 0 Å². The fraction of sp³-hybridized carbons (Fsp3) is 0.125. The zero-order valence-corrected chi connectivity index (χ0v) is 9.93. The summed E-state index contributed by atoms with van der Waals surface area (Å²) in [5.74, 6) is 0. The summed E-state index contributed by atoms with van der Waals surface area (Å²) in [4.78, 5) is 0. The maximum Gasteiger partial charge on any atom is 0.0472 e. The molecule has 1 heterocycles. The number of hydrogen-bond donors (Lipinski definition) is 0. The van der Waals surface area contributed by atoms with Gasteiger partial charge in [-0.25, -0.2) is 0 Å². The van der Waals surface area contributed by atoms with Gasteiger partial charge in [-0.05, 0) is 41.5 Å². The quantitative estimate of drug-likeness (QED) is 0.616. The predicted octanol–water partition coefficient (Wildman–Crippen LogP) is 4.00. The first-order chi connectivity index (χ1) is 8.33. The average Bonchev–Trinajstić information content (AvgIpc) is 2.75. The lowest BCUT2D eigenvalue weighted by Gasteiger charge is -2.07. The predicted molar refractivity (Wildman–Crippen MR) is 72.2 cm³/mol. The molecule has 0 aliphatic carbocycles. The Balaban J connectivity index is 1.99. The molecule has 0 N–H and O–H groups in total. The Labute approximate surface area is 101 Å². The molecule has 0 aliphatic rings. The van der Waals surface area contributed by atoms with Gasteiger partial charge in [0, 0.05) is 18.4 Å². The van der Waals surface area contributed by atoms with Gasteiger partial charge in [-0.2, -0.15) is 0 Å². The molecule has 17 heavy (non-hydrogen) atoms. The highest BCUT2D eigenvalue weighted by atomic mass is 15.0. The van der Waals surface area contributed by atoms with Crippen molar-refractivity contribution in [3.05, 3.63) is 72.1 Å². The minimum absolute atomic E-state index is 0.948. The number of benzene rings is 2. The van der Waals surface area contributed by atoms with Gasteiger partial charge >= 0.3 is 0 Å². The third kappa shape index (κ3) is 1.96. The van der Waals surface area contributed by atoms with Crippen molar-refractivity contribution in [2.24, 2.45) is 0 Å². The molecule has 1 heteroatoms. The highest BCUT2D eigenvalue weighted by Gasteiger charge is 1.99. The van der Waals surface area contributed by atoms with Crippen LogP contribution >= 0.6 is 0 Å². The molecule has 84 valence electrons. The molecular formula is C16H15N. The molecule has 0 atom stereocenters. The number of aromatic nitrogens is 1. The Bertz CT molecular complexity index is 649. The summed E-state index contributed by atoms with van der Waals surface area (Å²) in [5, 5.41) is 2.62. The molecule has 0 fully saturated rings. The van der Waals surface area contributed by atoms with E-state index in [0.717, 1.165) is 6.54 Å². The molecule has 0 spiro atoms. The zero-order valence-electron chi connectivity index (χ0n) is 9.93. The van der Waals surface area contributed by atoms with E-state index in [1.165, 1.54) is 22.0 Å². The van der Waals surface area contributed by atoms with E-state index < -0.39 is 0 Å². The molecule has 0 unspecified atom stereocenters. The summed E-state index contributed by atoms with van der Waals surface area (Å²) < 4.78 is 2.27. The molecule has 0 bridgehead atoms. The van der Waals surface area contributed by atoms with E-state index in [-0.39, 0.29) is 0 Å². The van der Waals surface area contributed by atoms with Gasteiger partial charge in [-0.1, -0.05) is 36.4 Å². The molecule has 0 aliphatic heterocycles. The summed E-state index contributed by atoms with van der Waals surface area (Å²) in [6.45, 7) is 3.09. The van der Waals surface area contributed by atoms with Crippen molar-refractivity contribution in [1.29, 1.82) is 0 Å². The first-order valence-electron chi connectivity index (χ1n) is 5.92. The van der Waals surface area contributed by atoms with Gasteiger partial charge in [0.1, 0.15) is 0 Å². The number of hydrogen-bond acceptors (Lipinski definition) is 0. The van der Waals surface area contributed by atoms with Crippen LogP contribution in [0.1, 0.15) is 11.3 Å². The standard InChI is InChI=1S/C16H15N/c1-13-5-4-10-17(13)12-14-8-9-15-6-2-3-7-16(15)11-14/h2-11H,12H2,1H3. The lowest BCUT2D eigenvalue weighted by Crippen LogP contribution is -1.99. The number of fused-ring (bicyclic) bond motifs is 1. The summed E-state index contributed by atoms with van der Waals surface area (Å²) >= 11 is 0. The number of rotatable bonds is 2. The lowest BCUT2D eigenvalue weighted by molar-refractivity contribution is 0.777. The van der Waals surface area contributed by atoms with Crippen LogP contribution < -0.4 is 0 Å². The minimum atomic E-state index is 0.948. The van der Waals surface area contributed by atoms with Crippen LogP contribution in [0.4, 0.5) is 0 Å². The maximum atomic E-state index is 2.27.